The van der Waals surface area contributed by atoms with E-state index >= 15 is 0 Å². The number of pyridine rings is 1. The van der Waals surface area contributed by atoms with Gasteiger partial charge in [0.1, 0.15) is 5.82 Å². The van der Waals surface area contributed by atoms with Crippen molar-refractivity contribution in [2.75, 3.05) is 12.4 Å². The van der Waals surface area contributed by atoms with Gasteiger partial charge in [0.15, 0.2) is 0 Å². The lowest BCUT2D eigenvalue weighted by atomic mass is 10.0. The summed E-state index contributed by atoms with van der Waals surface area (Å²) in [7, 11) is 0.994. The molecule has 0 spiro atoms. The molecule has 3 rings (SSSR count). The van der Waals surface area contributed by atoms with Gasteiger partial charge in [0.05, 0.1) is 29.4 Å². The highest BCUT2D eigenvalue weighted by Gasteiger charge is 2.32. The number of alkyl halides is 3. The second-order valence-corrected chi connectivity index (χ2v) is 6.97. The Morgan fingerprint density at radius 1 is 0.939 bits per heavy atom. The lowest BCUT2D eigenvalue weighted by molar-refractivity contribution is -0.137. The highest BCUT2D eigenvalue weighted by molar-refractivity contribution is 6.11. The Bertz CT molecular complexity index is 1240. The summed E-state index contributed by atoms with van der Waals surface area (Å²) >= 11 is 0. The molecule has 10 heteroatoms. The fourth-order valence-corrected chi connectivity index (χ4v) is 3.09. The number of nitrogens with zero attached hydrogens (tertiary/aromatic N) is 1. The predicted octanol–water partition coefficient (Wildman–Crippen LogP) is 4.81. The maximum atomic E-state index is 13.0. The van der Waals surface area contributed by atoms with Crippen molar-refractivity contribution in [3.05, 3.63) is 82.5 Å². The van der Waals surface area contributed by atoms with Crippen LogP contribution in [0.2, 0.25) is 0 Å². The monoisotopic (exact) mass is 458 g/mol. The molecule has 0 fully saturated rings. The topological polar surface area (TPSA) is 106 Å². The lowest BCUT2D eigenvalue weighted by Crippen LogP contribution is -2.19. The van der Waals surface area contributed by atoms with E-state index in [4.69, 9.17) is 5.11 Å². The molecule has 0 saturated carbocycles. The number of aromatic carboxylic acids is 1. The highest BCUT2D eigenvalue weighted by Crippen LogP contribution is 2.31. The number of carboxylic acid groups (broad SMARTS) is 1. The molecule has 0 atom stereocenters. The van der Waals surface area contributed by atoms with Crippen LogP contribution < -0.4 is 5.32 Å². The van der Waals surface area contributed by atoms with Gasteiger partial charge < -0.3 is 15.2 Å². The summed E-state index contributed by atoms with van der Waals surface area (Å²) in [5.41, 5.74) is -0.0461. The number of aromatic nitrogens is 1. The van der Waals surface area contributed by atoms with Crippen LogP contribution in [0.25, 0.3) is 11.1 Å². The summed E-state index contributed by atoms with van der Waals surface area (Å²) < 4.78 is 43.6. The molecule has 1 heterocycles. The van der Waals surface area contributed by atoms with Crippen LogP contribution in [0.4, 0.5) is 19.0 Å². The number of esters is 1. The Balaban J connectivity index is 1.95. The molecule has 3 aromatic rings. The van der Waals surface area contributed by atoms with Gasteiger partial charge in [0.2, 0.25) is 0 Å². The molecule has 0 unspecified atom stereocenters. The number of carbonyl (C=O) groups is 3. The Hall–Kier alpha value is -4.21. The van der Waals surface area contributed by atoms with Gasteiger partial charge in [-0.3, -0.25) is 4.79 Å². The minimum atomic E-state index is -4.71. The normalized spacial score (nSPS) is 11.1. The first-order valence-electron chi connectivity index (χ1n) is 9.43. The number of anilines is 1. The number of carbonyl (C=O) groups excluding carboxylic acids is 2. The van der Waals surface area contributed by atoms with Gasteiger partial charge in [0, 0.05) is 5.69 Å². The minimum absolute atomic E-state index is 0.0908. The number of hydrogen-bond acceptors (Lipinski definition) is 5. The average molecular weight is 458 g/mol. The average Bonchev–Trinajstić information content (AvgIpc) is 2.77. The maximum Gasteiger partial charge on any atom is 0.416 e. The zero-order chi connectivity index (χ0) is 24.3. The van der Waals surface area contributed by atoms with Crippen molar-refractivity contribution in [2.45, 2.75) is 13.1 Å². The SMILES string of the molecule is COC(=O)c1cc(C(F)(F)F)ccc1C(=O)Nc1cc(-c2ccc(C(=O)O)cc2)cc(C)n1. The number of amides is 1. The third-order valence-corrected chi connectivity index (χ3v) is 4.66. The Kier molecular flexibility index (Phi) is 6.47. The fourth-order valence-electron chi connectivity index (χ4n) is 3.09. The second kappa shape index (κ2) is 9.11. The van der Waals surface area contributed by atoms with Crippen molar-refractivity contribution in [3.63, 3.8) is 0 Å². The first-order chi connectivity index (χ1) is 15.5. The molecule has 1 aromatic heterocycles. The van der Waals surface area contributed by atoms with E-state index in [2.05, 4.69) is 15.0 Å². The highest BCUT2D eigenvalue weighted by atomic mass is 19.4. The van der Waals surface area contributed by atoms with E-state index < -0.39 is 35.1 Å². The molecule has 7 nitrogen and oxygen atoms in total. The van der Waals surface area contributed by atoms with Crippen molar-refractivity contribution in [1.82, 2.24) is 4.98 Å². The van der Waals surface area contributed by atoms with Crippen molar-refractivity contribution < 1.29 is 37.4 Å². The molecule has 170 valence electrons. The lowest BCUT2D eigenvalue weighted by Gasteiger charge is -2.13. The number of rotatable bonds is 5. The molecule has 0 saturated heterocycles. The Morgan fingerprint density at radius 3 is 2.18 bits per heavy atom. The third kappa shape index (κ3) is 5.35. The van der Waals surface area contributed by atoms with E-state index in [0.717, 1.165) is 13.2 Å². The number of benzene rings is 2. The van der Waals surface area contributed by atoms with Crippen LogP contribution in [0.1, 0.15) is 42.3 Å². The number of halogens is 3. The van der Waals surface area contributed by atoms with Crippen LogP contribution >= 0.6 is 0 Å². The van der Waals surface area contributed by atoms with Crippen LogP contribution in [-0.4, -0.2) is 35.0 Å². The van der Waals surface area contributed by atoms with Crippen LogP contribution in [-0.2, 0) is 10.9 Å². The molecule has 2 aromatic carbocycles. The van der Waals surface area contributed by atoms with Crippen molar-refractivity contribution in [3.8, 4) is 11.1 Å². The van der Waals surface area contributed by atoms with Crippen LogP contribution in [0, 0.1) is 6.92 Å². The van der Waals surface area contributed by atoms with Gasteiger partial charge in [-0.05, 0) is 60.5 Å². The summed E-state index contributed by atoms with van der Waals surface area (Å²) in [6.45, 7) is 1.67. The molecular formula is C23H17F3N2O5. The number of aryl methyl sites for hydroxylation is 1. The number of methoxy groups -OCH3 is 1. The Labute approximate surface area is 185 Å². The number of hydrogen-bond donors (Lipinski definition) is 2. The van der Waals surface area contributed by atoms with Gasteiger partial charge in [0.25, 0.3) is 5.91 Å². The van der Waals surface area contributed by atoms with E-state index in [0.29, 0.717) is 29.0 Å². The van der Waals surface area contributed by atoms with Gasteiger partial charge in [-0.1, -0.05) is 12.1 Å². The number of nitrogens with one attached hydrogen (secondary N) is 1. The van der Waals surface area contributed by atoms with E-state index in [1.165, 1.54) is 18.2 Å². The molecule has 0 bridgehead atoms. The zero-order valence-electron chi connectivity index (χ0n) is 17.4. The molecule has 1 amide bonds. The molecule has 0 radical (unpaired) electrons. The molecular weight excluding hydrogens is 441 g/mol. The second-order valence-electron chi connectivity index (χ2n) is 6.97. The standard InChI is InChI=1S/C23H17F3N2O5/c1-12-9-15(13-3-5-14(6-4-13)21(30)31)10-19(27-12)28-20(29)17-8-7-16(23(24,25)26)11-18(17)22(32)33-2/h3-11H,1-2H3,(H,30,31)(H,27,28,29). The number of carboxylic acids is 1. The molecule has 0 aliphatic carbocycles. The van der Waals surface area contributed by atoms with Gasteiger partial charge in [-0.25, -0.2) is 14.6 Å². The summed E-state index contributed by atoms with van der Waals surface area (Å²) in [4.78, 5) is 40.0. The van der Waals surface area contributed by atoms with Crippen LogP contribution in [0.5, 0.6) is 0 Å². The van der Waals surface area contributed by atoms with Crippen molar-refractivity contribution in [2.24, 2.45) is 0 Å². The quantitative estimate of drug-likeness (QED) is 0.532. The van der Waals surface area contributed by atoms with Crippen molar-refractivity contribution in [1.29, 1.82) is 0 Å². The van der Waals surface area contributed by atoms with Gasteiger partial charge >= 0.3 is 18.1 Å². The first kappa shape index (κ1) is 23.5. The summed E-state index contributed by atoms with van der Waals surface area (Å²) in [5, 5.41) is 11.5. The van der Waals surface area contributed by atoms with Gasteiger partial charge in [-0.2, -0.15) is 13.2 Å². The third-order valence-electron chi connectivity index (χ3n) is 4.66. The van der Waals surface area contributed by atoms with E-state index in [9.17, 15) is 27.6 Å². The summed E-state index contributed by atoms with van der Waals surface area (Å²) in [6, 6.07) is 11.4. The van der Waals surface area contributed by atoms with E-state index in [-0.39, 0.29) is 16.9 Å². The van der Waals surface area contributed by atoms with Crippen LogP contribution in [0.3, 0.4) is 0 Å². The molecule has 0 aliphatic heterocycles. The molecule has 0 aliphatic rings. The minimum Gasteiger partial charge on any atom is -0.478 e. The molecule has 2 N–H and O–H groups in total. The van der Waals surface area contributed by atoms with E-state index in [1.54, 1.807) is 25.1 Å². The molecule has 33 heavy (non-hydrogen) atoms. The van der Waals surface area contributed by atoms with Crippen LogP contribution in [0.15, 0.2) is 54.6 Å². The zero-order valence-corrected chi connectivity index (χ0v) is 17.4. The Morgan fingerprint density at radius 2 is 1.61 bits per heavy atom. The van der Waals surface area contributed by atoms with E-state index in [1.807, 2.05) is 0 Å². The predicted molar refractivity (Wildman–Crippen MR) is 112 cm³/mol. The van der Waals surface area contributed by atoms with Crippen molar-refractivity contribution >= 4 is 23.7 Å². The number of ether oxygens (including phenoxy) is 1. The summed E-state index contributed by atoms with van der Waals surface area (Å²) in [5.74, 6) is -2.93. The fraction of sp³-hybridized carbons (Fsp3) is 0.130. The summed E-state index contributed by atoms with van der Waals surface area (Å²) in [6.07, 6.45) is -4.71. The van der Waals surface area contributed by atoms with Gasteiger partial charge in [-0.15, -0.1) is 0 Å². The maximum absolute atomic E-state index is 13.0. The first-order valence-corrected chi connectivity index (χ1v) is 9.43. The largest absolute Gasteiger partial charge is 0.478 e. The smallest absolute Gasteiger partial charge is 0.416 e.